The lowest BCUT2D eigenvalue weighted by Gasteiger charge is -2.19. The van der Waals surface area contributed by atoms with Gasteiger partial charge in [-0.3, -0.25) is 0 Å². The van der Waals surface area contributed by atoms with Gasteiger partial charge in [-0.2, -0.15) is 0 Å². The maximum absolute atomic E-state index is 6.14. The van der Waals surface area contributed by atoms with Gasteiger partial charge >= 0.3 is 0 Å². The number of rotatable bonds is 2. The molecule has 1 aromatic carbocycles. The van der Waals surface area contributed by atoms with Crippen molar-refractivity contribution in [3.8, 4) is 0 Å². The molecule has 0 unspecified atom stereocenters. The van der Waals surface area contributed by atoms with Crippen molar-refractivity contribution in [3.63, 3.8) is 0 Å². The van der Waals surface area contributed by atoms with E-state index in [4.69, 9.17) is 5.73 Å². The van der Waals surface area contributed by atoms with Crippen LogP contribution in [-0.4, -0.2) is 9.55 Å². The highest BCUT2D eigenvalue weighted by Crippen LogP contribution is 2.25. The van der Waals surface area contributed by atoms with Crippen molar-refractivity contribution >= 4 is 27.0 Å². The van der Waals surface area contributed by atoms with Crippen LogP contribution in [0.4, 0.5) is 0 Å². The molecule has 2 aromatic rings. The van der Waals surface area contributed by atoms with E-state index in [2.05, 4.69) is 38.5 Å². The molecule has 3 nitrogen and oxygen atoms in total. The van der Waals surface area contributed by atoms with Crippen LogP contribution in [0.2, 0.25) is 0 Å². The average molecular weight is 282 g/mol. The van der Waals surface area contributed by atoms with Crippen molar-refractivity contribution in [2.45, 2.75) is 32.9 Å². The molecule has 1 aromatic heterocycles. The first-order valence-electron chi connectivity index (χ1n) is 5.38. The van der Waals surface area contributed by atoms with E-state index < -0.39 is 5.54 Å². The molecular formula is C12H16BrN3. The highest BCUT2D eigenvalue weighted by Gasteiger charge is 2.22. The number of fused-ring (bicyclic) bond motifs is 1. The normalized spacial score (nSPS) is 12.3. The van der Waals surface area contributed by atoms with Gasteiger partial charge in [-0.15, -0.1) is 0 Å². The Morgan fingerprint density at radius 1 is 1.44 bits per heavy atom. The van der Waals surface area contributed by atoms with E-state index in [1.807, 2.05) is 26.0 Å². The number of aromatic nitrogens is 2. The SMILES string of the molecule is CCn1c(C(C)(C)N)nc2cc(Br)ccc21. The van der Waals surface area contributed by atoms with Crippen LogP contribution in [0.5, 0.6) is 0 Å². The van der Waals surface area contributed by atoms with Crippen LogP contribution in [-0.2, 0) is 12.1 Å². The summed E-state index contributed by atoms with van der Waals surface area (Å²) in [4.78, 5) is 4.62. The maximum atomic E-state index is 6.14. The zero-order chi connectivity index (χ0) is 11.9. The third kappa shape index (κ3) is 1.87. The summed E-state index contributed by atoms with van der Waals surface area (Å²) >= 11 is 3.46. The summed E-state index contributed by atoms with van der Waals surface area (Å²) in [6, 6.07) is 6.13. The summed E-state index contributed by atoms with van der Waals surface area (Å²) in [5.41, 5.74) is 7.85. The molecule has 0 saturated heterocycles. The number of hydrogen-bond acceptors (Lipinski definition) is 2. The fraction of sp³-hybridized carbons (Fsp3) is 0.417. The van der Waals surface area contributed by atoms with Crippen molar-refractivity contribution in [3.05, 3.63) is 28.5 Å². The first-order valence-corrected chi connectivity index (χ1v) is 6.18. The summed E-state index contributed by atoms with van der Waals surface area (Å²) < 4.78 is 3.21. The minimum atomic E-state index is -0.415. The van der Waals surface area contributed by atoms with Gasteiger partial charge in [-0.05, 0) is 39.0 Å². The van der Waals surface area contributed by atoms with E-state index in [9.17, 15) is 0 Å². The van der Waals surface area contributed by atoms with Gasteiger partial charge in [0.05, 0.1) is 16.6 Å². The maximum Gasteiger partial charge on any atom is 0.129 e. The molecule has 0 aliphatic heterocycles. The first kappa shape index (κ1) is 11.6. The van der Waals surface area contributed by atoms with Gasteiger partial charge < -0.3 is 10.3 Å². The van der Waals surface area contributed by atoms with E-state index in [0.29, 0.717) is 0 Å². The molecule has 0 bridgehead atoms. The molecule has 0 atom stereocenters. The Balaban J connectivity index is 2.76. The summed E-state index contributed by atoms with van der Waals surface area (Å²) in [5.74, 6) is 0.933. The van der Waals surface area contributed by atoms with Crippen LogP contribution in [0.1, 0.15) is 26.6 Å². The fourth-order valence-corrected chi connectivity index (χ4v) is 2.26. The number of nitrogens with two attached hydrogens (primary N) is 1. The van der Waals surface area contributed by atoms with Gasteiger partial charge in [0, 0.05) is 11.0 Å². The predicted octanol–water partition coefficient (Wildman–Crippen LogP) is 3.01. The van der Waals surface area contributed by atoms with Gasteiger partial charge in [-0.25, -0.2) is 4.98 Å². The van der Waals surface area contributed by atoms with Crippen LogP contribution in [0.3, 0.4) is 0 Å². The van der Waals surface area contributed by atoms with E-state index in [1.165, 1.54) is 0 Å². The van der Waals surface area contributed by atoms with Crippen molar-refractivity contribution < 1.29 is 0 Å². The van der Waals surface area contributed by atoms with Gasteiger partial charge in [0.15, 0.2) is 0 Å². The molecule has 0 amide bonds. The lowest BCUT2D eigenvalue weighted by Crippen LogP contribution is -2.32. The predicted molar refractivity (Wildman–Crippen MR) is 70.3 cm³/mol. The highest BCUT2D eigenvalue weighted by atomic mass is 79.9. The molecule has 0 fully saturated rings. The average Bonchev–Trinajstić information content (AvgIpc) is 2.54. The van der Waals surface area contributed by atoms with Crippen molar-refractivity contribution in [1.29, 1.82) is 0 Å². The van der Waals surface area contributed by atoms with Gasteiger partial charge in [-0.1, -0.05) is 15.9 Å². The Kier molecular flexibility index (Phi) is 2.80. The molecule has 0 aliphatic carbocycles. The third-order valence-corrected chi connectivity index (χ3v) is 3.10. The van der Waals surface area contributed by atoms with E-state index in [0.717, 1.165) is 27.9 Å². The Bertz CT molecular complexity index is 523. The number of benzene rings is 1. The van der Waals surface area contributed by atoms with E-state index in [1.54, 1.807) is 0 Å². The number of imidazole rings is 1. The summed E-state index contributed by atoms with van der Waals surface area (Å²) in [6.45, 7) is 6.96. The van der Waals surface area contributed by atoms with Crippen molar-refractivity contribution in [2.75, 3.05) is 0 Å². The number of aryl methyl sites for hydroxylation is 1. The van der Waals surface area contributed by atoms with Gasteiger partial charge in [0.25, 0.3) is 0 Å². The van der Waals surface area contributed by atoms with Crippen LogP contribution < -0.4 is 5.73 Å². The molecule has 86 valence electrons. The second kappa shape index (κ2) is 3.86. The standard InChI is InChI=1S/C12H16BrN3/c1-4-16-10-6-5-8(13)7-9(10)15-11(16)12(2,3)14/h5-7H,4,14H2,1-3H3. The number of hydrogen-bond donors (Lipinski definition) is 1. The fourth-order valence-electron chi connectivity index (χ4n) is 1.91. The van der Waals surface area contributed by atoms with Crippen LogP contribution in [0.15, 0.2) is 22.7 Å². The van der Waals surface area contributed by atoms with E-state index in [-0.39, 0.29) is 0 Å². The Morgan fingerprint density at radius 3 is 2.69 bits per heavy atom. The Labute approximate surface area is 104 Å². The second-order valence-electron chi connectivity index (χ2n) is 4.53. The lowest BCUT2D eigenvalue weighted by atomic mass is 10.1. The van der Waals surface area contributed by atoms with Crippen LogP contribution in [0.25, 0.3) is 11.0 Å². The van der Waals surface area contributed by atoms with Crippen LogP contribution >= 0.6 is 15.9 Å². The van der Waals surface area contributed by atoms with Crippen molar-refractivity contribution in [2.24, 2.45) is 5.73 Å². The molecule has 2 rings (SSSR count). The van der Waals surface area contributed by atoms with E-state index >= 15 is 0 Å². The summed E-state index contributed by atoms with van der Waals surface area (Å²) in [6.07, 6.45) is 0. The second-order valence-corrected chi connectivity index (χ2v) is 5.45. The monoisotopic (exact) mass is 281 g/mol. The third-order valence-electron chi connectivity index (χ3n) is 2.60. The topological polar surface area (TPSA) is 43.8 Å². The number of nitrogens with zero attached hydrogens (tertiary/aromatic N) is 2. The molecule has 16 heavy (non-hydrogen) atoms. The molecule has 0 saturated carbocycles. The summed E-state index contributed by atoms with van der Waals surface area (Å²) in [7, 11) is 0. The Hall–Kier alpha value is -0.870. The van der Waals surface area contributed by atoms with Crippen LogP contribution in [0, 0.1) is 0 Å². The minimum Gasteiger partial charge on any atom is -0.327 e. The lowest BCUT2D eigenvalue weighted by molar-refractivity contribution is 0.485. The molecule has 2 N–H and O–H groups in total. The van der Waals surface area contributed by atoms with Gasteiger partial charge in [0.1, 0.15) is 5.82 Å². The first-order chi connectivity index (χ1) is 7.43. The highest BCUT2D eigenvalue weighted by molar-refractivity contribution is 9.10. The molecule has 1 heterocycles. The minimum absolute atomic E-state index is 0.415. The molecule has 0 spiro atoms. The van der Waals surface area contributed by atoms with Crippen molar-refractivity contribution in [1.82, 2.24) is 9.55 Å². The number of halogens is 1. The smallest absolute Gasteiger partial charge is 0.129 e. The summed E-state index contributed by atoms with van der Waals surface area (Å²) in [5, 5.41) is 0. The Morgan fingerprint density at radius 2 is 2.12 bits per heavy atom. The zero-order valence-corrected chi connectivity index (χ0v) is 11.4. The molecule has 0 aliphatic rings. The molecular weight excluding hydrogens is 266 g/mol. The molecule has 0 radical (unpaired) electrons. The van der Waals surface area contributed by atoms with Gasteiger partial charge in [0.2, 0.25) is 0 Å². The molecule has 4 heteroatoms. The quantitative estimate of drug-likeness (QED) is 0.920. The zero-order valence-electron chi connectivity index (χ0n) is 9.79. The largest absolute Gasteiger partial charge is 0.327 e.